The topological polar surface area (TPSA) is 83.3 Å². The number of nitriles is 1. The molecule has 0 fully saturated rings. The summed E-state index contributed by atoms with van der Waals surface area (Å²) < 4.78 is 7.80. The van der Waals surface area contributed by atoms with Crippen molar-refractivity contribution in [2.24, 2.45) is 5.10 Å². The van der Waals surface area contributed by atoms with Crippen LogP contribution in [0.25, 0.3) is 5.88 Å². The second-order valence-electron chi connectivity index (χ2n) is 8.23. The first kappa shape index (κ1) is 22.8. The molecule has 0 aliphatic rings. The molecule has 2 aromatic carbocycles. The highest BCUT2D eigenvalue weighted by Gasteiger charge is 2.23. The molecule has 6 heteroatoms. The Kier molecular flexibility index (Phi) is 6.46. The number of furan rings is 1. The Morgan fingerprint density at radius 3 is 2.18 bits per heavy atom. The summed E-state index contributed by atoms with van der Waals surface area (Å²) >= 11 is 0. The molecule has 34 heavy (non-hydrogen) atoms. The summed E-state index contributed by atoms with van der Waals surface area (Å²) in [5.41, 5.74) is 8.44. The van der Waals surface area contributed by atoms with Crippen LogP contribution in [-0.4, -0.2) is 16.7 Å². The summed E-state index contributed by atoms with van der Waals surface area (Å²) in [4.78, 5) is 13.2. The number of benzene rings is 2. The lowest BCUT2D eigenvalue weighted by atomic mass is 9.91. The third-order valence-corrected chi connectivity index (χ3v) is 6.06. The Bertz CT molecular complexity index is 1350. The average Bonchev–Trinajstić information content (AvgIpc) is 3.28. The lowest BCUT2D eigenvalue weighted by Gasteiger charge is -2.16. The summed E-state index contributed by atoms with van der Waals surface area (Å²) in [7, 11) is 0. The summed E-state index contributed by atoms with van der Waals surface area (Å²) in [6, 6.07) is 23.5. The van der Waals surface area contributed by atoms with Crippen LogP contribution in [0, 0.1) is 39.0 Å². The second kappa shape index (κ2) is 9.63. The highest BCUT2D eigenvalue weighted by molar-refractivity contribution is 5.89. The monoisotopic (exact) mass is 450 g/mol. The van der Waals surface area contributed by atoms with Gasteiger partial charge in [0.25, 0.3) is 5.91 Å². The van der Waals surface area contributed by atoms with E-state index in [1.807, 2.05) is 99.0 Å². The van der Waals surface area contributed by atoms with E-state index in [1.54, 1.807) is 6.21 Å². The fourth-order valence-electron chi connectivity index (χ4n) is 4.15. The molecule has 0 aliphatic carbocycles. The van der Waals surface area contributed by atoms with E-state index in [4.69, 9.17) is 4.42 Å². The number of nitrogens with zero attached hydrogens (tertiary/aromatic N) is 3. The number of amides is 1. The van der Waals surface area contributed by atoms with Crippen LogP contribution in [0.2, 0.25) is 0 Å². The molecular weight excluding hydrogens is 424 g/mol. The Morgan fingerprint density at radius 1 is 1.03 bits per heavy atom. The van der Waals surface area contributed by atoms with E-state index >= 15 is 0 Å². The van der Waals surface area contributed by atoms with Crippen LogP contribution >= 0.6 is 0 Å². The fraction of sp³-hybridized carbons (Fsp3) is 0.179. The zero-order valence-electron chi connectivity index (χ0n) is 19.7. The van der Waals surface area contributed by atoms with Crippen molar-refractivity contribution in [2.75, 3.05) is 0 Å². The van der Waals surface area contributed by atoms with Crippen molar-refractivity contribution in [3.05, 3.63) is 112 Å². The van der Waals surface area contributed by atoms with E-state index in [2.05, 4.69) is 16.6 Å². The van der Waals surface area contributed by atoms with Gasteiger partial charge in [-0.25, -0.2) is 5.43 Å². The van der Waals surface area contributed by atoms with Crippen LogP contribution in [0.4, 0.5) is 0 Å². The maximum atomic E-state index is 13.2. The first-order valence-corrected chi connectivity index (χ1v) is 11.0. The number of hydrazone groups is 1. The molecule has 4 rings (SSSR count). The maximum Gasteiger partial charge on any atom is 0.252 e. The molecule has 0 spiro atoms. The molecule has 6 nitrogen and oxygen atoms in total. The number of carbonyl (C=O) groups excluding carboxylic acids is 1. The van der Waals surface area contributed by atoms with Gasteiger partial charge in [-0.2, -0.15) is 10.4 Å². The molecule has 1 amide bonds. The SMILES string of the molecule is Cc1oc(-n2c(C)cc(/C=N\NC(=O)C(c3ccccc3)c3ccccc3)c2C)c(C#N)c1C. The zero-order valence-corrected chi connectivity index (χ0v) is 19.7. The molecule has 0 bridgehead atoms. The first-order chi connectivity index (χ1) is 16.4. The molecule has 0 saturated heterocycles. The zero-order chi connectivity index (χ0) is 24.2. The van der Waals surface area contributed by atoms with Gasteiger partial charge >= 0.3 is 0 Å². The Hall–Kier alpha value is -4.37. The number of aromatic nitrogens is 1. The normalized spacial score (nSPS) is 11.2. The van der Waals surface area contributed by atoms with Gasteiger partial charge in [0.15, 0.2) is 0 Å². The third kappa shape index (κ3) is 4.28. The quantitative estimate of drug-likeness (QED) is 0.313. The van der Waals surface area contributed by atoms with Gasteiger partial charge in [-0.1, -0.05) is 60.7 Å². The van der Waals surface area contributed by atoms with Crippen LogP contribution in [0.1, 0.15) is 50.9 Å². The predicted molar refractivity (Wildman–Crippen MR) is 132 cm³/mol. The Morgan fingerprint density at radius 2 is 1.62 bits per heavy atom. The van der Waals surface area contributed by atoms with Gasteiger partial charge in [-0.15, -0.1) is 0 Å². The van der Waals surface area contributed by atoms with E-state index in [0.717, 1.165) is 39.4 Å². The average molecular weight is 451 g/mol. The maximum absolute atomic E-state index is 13.2. The van der Waals surface area contributed by atoms with E-state index in [0.29, 0.717) is 11.4 Å². The van der Waals surface area contributed by atoms with Crippen LogP contribution < -0.4 is 5.43 Å². The smallest absolute Gasteiger partial charge is 0.252 e. The third-order valence-electron chi connectivity index (χ3n) is 6.06. The van der Waals surface area contributed by atoms with Gasteiger partial charge in [0, 0.05) is 22.5 Å². The Balaban J connectivity index is 1.60. The number of carbonyl (C=O) groups is 1. The number of hydrogen-bond acceptors (Lipinski definition) is 4. The van der Waals surface area contributed by atoms with E-state index in [1.165, 1.54) is 0 Å². The molecule has 1 N–H and O–H groups in total. The van der Waals surface area contributed by atoms with E-state index in [-0.39, 0.29) is 5.91 Å². The first-order valence-electron chi connectivity index (χ1n) is 11.0. The van der Waals surface area contributed by atoms with E-state index < -0.39 is 5.92 Å². The molecule has 0 unspecified atom stereocenters. The molecule has 2 aromatic heterocycles. The van der Waals surface area contributed by atoms with Crippen LogP contribution in [-0.2, 0) is 4.79 Å². The van der Waals surface area contributed by atoms with Crippen LogP contribution in [0.5, 0.6) is 0 Å². The van der Waals surface area contributed by atoms with Crippen LogP contribution in [0.15, 0.2) is 76.2 Å². The van der Waals surface area contributed by atoms with Crippen LogP contribution in [0.3, 0.4) is 0 Å². The molecule has 0 radical (unpaired) electrons. The number of rotatable bonds is 6. The summed E-state index contributed by atoms with van der Waals surface area (Å²) in [5.74, 6) is 0.532. The molecule has 2 heterocycles. The second-order valence-corrected chi connectivity index (χ2v) is 8.23. The standard InChI is InChI=1S/C28H26N4O2/c1-18-15-24(20(3)32(18)28-25(16-29)19(2)21(4)34-28)17-30-31-27(33)26(22-11-7-5-8-12-22)23-13-9-6-10-14-23/h5-15,17,26H,1-4H3,(H,31,33)/b30-17-. The summed E-state index contributed by atoms with van der Waals surface area (Å²) in [5, 5.41) is 13.9. The fourth-order valence-corrected chi connectivity index (χ4v) is 4.15. The number of hydrogen-bond donors (Lipinski definition) is 1. The number of aryl methyl sites for hydroxylation is 2. The highest BCUT2D eigenvalue weighted by atomic mass is 16.4. The Labute approximate surface area is 199 Å². The van der Waals surface area contributed by atoms with Crippen molar-refractivity contribution >= 4 is 12.1 Å². The molecule has 0 atom stereocenters. The minimum absolute atomic E-state index is 0.216. The van der Waals surface area contributed by atoms with E-state index in [9.17, 15) is 10.1 Å². The van der Waals surface area contributed by atoms with Gasteiger partial charge in [0.1, 0.15) is 17.4 Å². The summed E-state index contributed by atoms with van der Waals surface area (Å²) in [6.07, 6.45) is 1.62. The van der Waals surface area contributed by atoms with Gasteiger partial charge < -0.3 is 4.42 Å². The molecule has 170 valence electrons. The van der Waals surface area contributed by atoms with Crippen molar-refractivity contribution in [2.45, 2.75) is 33.6 Å². The minimum atomic E-state index is -0.473. The van der Waals surface area contributed by atoms with Crippen molar-refractivity contribution in [1.29, 1.82) is 5.26 Å². The van der Waals surface area contributed by atoms with Crippen molar-refractivity contribution in [3.63, 3.8) is 0 Å². The molecule has 0 aliphatic heterocycles. The predicted octanol–water partition coefficient (Wildman–Crippen LogP) is 5.46. The van der Waals surface area contributed by atoms with Crippen molar-refractivity contribution < 1.29 is 9.21 Å². The van der Waals surface area contributed by atoms with Gasteiger partial charge in [-0.05, 0) is 44.9 Å². The molecular formula is C28H26N4O2. The lowest BCUT2D eigenvalue weighted by molar-refractivity contribution is -0.121. The summed E-state index contributed by atoms with van der Waals surface area (Å²) in [6.45, 7) is 7.60. The van der Waals surface area contributed by atoms with Crippen molar-refractivity contribution in [1.82, 2.24) is 9.99 Å². The highest BCUT2D eigenvalue weighted by Crippen LogP contribution is 2.29. The van der Waals surface area contributed by atoms with Gasteiger partial charge in [-0.3, -0.25) is 9.36 Å². The minimum Gasteiger partial charge on any atom is -0.443 e. The lowest BCUT2D eigenvalue weighted by Crippen LogP contribution is -2.26. The van der Waals surface area contributed by atoms with Gasteiger partial charge in [0.05, 0.1) is 12.1 Å². The molecule has 0 saturated carbocycles. The largest absolute Gasteiger partial charge is 0.443 e. The van der Waals surface area contributed by atoms with Crippen molar-refractivity contribution in [3.8, 4) is 12.0 Å². The molecule has 4 aromatic rings. The van der Waals surface area contributed by atoms with Gasteiger partial charge in [0.2, 0.25) is 5.88 Å². The number of nitrogens with one attached hydrogen (secondary N) is 1.